The van der Waals surface area contributed by atoms with Crippen LogP contribution >= 0.6 is 0 Å². The van der Waals surface area contributed by atoms with E-state index >= 15 is 0 Å². The Bertz CT molecular complexity index is 473. The summed E-state index contributed by atoms with van der Waals surface area (Å²) in [6.45, 7) is 11.0. The summed E-state index contributed by atoms with van der Waals surface area (Å²) in [5.74, 6) is 1.47. The zero-order chi connectivity index (χ0) is 16.1. The van der Waals surface area contributed by atoms with Crippen molar-refractivity contribution in [1.29, 1.82) is 0 Å². The number of hydrogen-bond acceptors (Lipinski definition) is 2. The number of aryl methyl sites for hydroxylation is 1. The smallest absolute Gasteiger partial charge is 0.236 e. The number of piperidine rings is 1. The molecule has 1 aliphatic rings. The molecular formula is C19H30N2O. The van der Waals surface area contributed by atoms with E-state index in [9.17, 15) is 4.79 Å². The summed E-state index contributed by atoms with van der Waals surface area (Å²) >= 11 is 0. The van der Waals surface area contributed by atoms with Crippen molar-refractivity contribution in [2.75, 3.05) is 19.6 Å². The fourth-order valence-electron chi connectivity index (χ4n) is 3.38. The quantitative estimate of drug-likeness (QED) is 0.904. The average molecular weight is 302 g/mol. The van der Waals surface area contributed by atoms with Crippen LogP contribution in [0.2, 0.25) is 0 Å². The second-order valence-corrected chi connectivity index (χ2v) is 6.94. The van der Waals surface area contributed by atoms with Crippen molar-refractivity contribution in [3.05, 3.63) is 35.4 Å². The molecule has 1 aromatic rings. The van der Waals surface area contributed by atoms with Crippen molar-refractivity contribution in [3.8, 4) is 0 Å². The summed E-state index contributed by atoms with van der Waals surface area (Å²) < 4.78 is 0. The standard InChI is InChI=1S/C19H30N2O/c1-5-17-6-8-18(9-7-17)16(4)20-11-19(22)21-12-14(2)10-15(3)13-21/h6-9,14-16,20H,5,10-13H2,1-4H3. The number of carbonyl (C=O) groups excluding carboxylic acids is 1. The van der Waals surface area contributed by atoms with Crippen molar-refractivity contribution < 1.29 is 4.79 Å². The first-order valence-corrected chi connectivity index (χ1v) is 8.59. The highest BCUT2D eigenvalue weighted by atomic mass is 16.2. The third kappa shape index (κ3) is 4.57. The van der Waals surface area contributed by atoms with E-state index < -0.39 is 0 Å². The second-order valence-electron chi connectivity index (χ2n) is 6.94. The van der Waals surface area contributed by atoms with Gasteiger partial charge in [-0.2, -0.15) is 0 Å². The van der Waals surface area contributed by atoms with E-state index in [-0.39, 0.29) is 11.9 Å². The summed E-state index contributed by atoms with van der Waals surface area (Å²) in [5.41, 5.74) is 2.59. The van der Waals surface area contributed by atoms with Crippen molar-refractivity contribution in [2.24, 2.45) is 11.8 Å². The highest BCUT2D eigenvalue weighted by Crippen LogP contribution is 2.21. The molecule has 3 nitrogen and oxygen atoms in total. The normalized spacial score (nSPS) is 23.4. The van der Waals surface area contributed by atoms with Crippen LogP contribution < -0.4 is 5.32 Å². The lowest BCUT2D eigenvalue weighted by molar-refractivity contribution is -0.133. The summed E-state index contributed by atoms with van der Waals surface area (Å²) in [6, 6.07) is 8.86. The number of rotatable bonds is 5. The predicted octanol–water partition coefficient (Wildman–Crippen LogP) is 3.40. The lowest BCUT2D eigenvalue weighted by Gasteiger charge is -2.35. The van der Waals surface area contributed by atoms with E-state index in [0.717, 1.165) is 19.5 Å². The van der Waals surface area contributed by atoms with Crippen LogP contribution in [0.4, 0.5) is 0 Å². The Morgan fingerprint density at radius 1 is 1.23 bits per heavy atom. The molecule has 3 unspecified atom stereocenters. The Hall–Kier alpha value is -1.35. The van der Waals surface area contributed by atoms with E-state index in [1.807, 2.05) is 4.90 Å². The number of carbonyl (C=O) groups is 1. The van der Waals surface area contributed by atoms with Crippen LogP contribution in [0.5, 0.6) is 0 Å². The SMILES string of the molecule is CCc1ccc(C(C)NCC(=O)N2CC(C)CC(C)C2)cc1. The van der Waals surface area contributed by atoms with Crippen molar-refractivity contribution in [3.63, 3.8) is 0 Å². The molecule has 3 heteroatoms. The summed E-state index contributed by atoms with van der Waals surface area (Å²) in [6.07, 6.45) is 2.29. The maximum absolute atomic E-state index is 12.4. The maximum Gasteiger partial charge on any atom is 0.236 e. The molecule has 1 N–H and O–H groups in total. The molecule has 1 fully saturated rings. The van der Waals surface area contributed by atoms with Crippen LogP contribution in [-0.4, -0.2) is 30.4 Å². The van der Waals surface area contributed by atoms with Crippen LogP contribution in [0.25, 0.3) is 0 Å². The fourth-order valence-corrected chi connectivity index (χ4v) is 3.38. The molecule has 0 bridgehead atoms. The molecule has 0 spiro atoms. The minimum absolute atomic E-state index is 0.203. The molecule has 3 atom stereocenters. The third-order valence-electron chi connectivity index (χ3n) is 4.67. The van der Waals surface area contributed by atoms with Crippen molar-refractivity contribution in [1.82, 2.24) is 10.2 Å². The van der Waals surface area contributed by atoms with Gasteiger partial charge in [0.2, 0.25) is 5.91 Å². The zero-order valence-corrected chi connectivity index (χ0v) is 14.4. The van der Waals surface area contributed by atoms with Gasteiger partial charge >= 0.3 is 0 Å². The largest absolute Gasteiger partial charge is 0.341 e. The van der Waals surface area contributed by atoms with Crippen LogP contribution in [0.1, 0.15) is 51.3 Å². The Morgan fingerprint density at radius 3 is 2.36 bits per heavy atom. The third-order valence-corrected chi connectivity index (χ3v) is 4.67. The number of likely N-dealkylation sites (tertiary alicyclic amines) is 1. The molecule has 0 aliphatic carbocycles. The van der Waals surface area contributed by atoms with Gasteiger partial charge in [0.25, 0.3) is 0 Å². The second kappa shape index (κ2) is 7.77. The number of benzene rings is 1. The van der Waals surface area contributed by atoms with Gasteiger partial charge in [0.15, 0.2) is 0 Å². The van der Waals surface area contributed by atoms with Gasteiger partial charge in [-0.05, 0) is 42.7 Å². The molecule has 1 aromatic carbocycles. The van der Waals surface area contributed by atoms with Crippen LogP contribution in [0.15, 0.2) is 24.3 Å². The lowest BCUT2D eigenvalue weighted by atomic mass is 9.92. The Labute approximate surface area is 135 Å². The van der Waals surface area contributed by atoms with E-state index in [2.05, 4.69) is 57.3 Å². The molecule has 1 aliphatic heterocycles. The van der Waals surface area contributed by atoms with Gasteiger partial charge in [-0.15, -0.1) is 0 Å². The molecule has 1 saturated heterocycles. The first kappa shape index (κ1) is 17.0. The number of nitrogens with zero attached hydrogens (tertiary/aromatic N) is 1. The summed E-state index contributed by atoms with van der Waals surface area (Å²) in [4.78, 5) is 14.4. The van der Waals surface area contributed by atoms with Gasteiger partial charge in [-0.1, -0.05) is 45.0 Å². The Morgan fingerprint density at radius 2 is 1.82 bits per heavy atom. The van der Waals surface area contributed by atoms with E-state index in [4.69, 9.17) is 0 Å². The minimum atomic E-state index is 0.203. The molecule has 0 radical (unpaired) electrons. The van der Waals surface area contributed by atoms with Crippen LogP contribution in [0, 0.1) is 11.8 Å². The molecular weight excluding hydrogens is 272 g/mol. The summed E-state index contributed by atoms with van der Waals surface area (Å²) in [7, 11) is 0. The predicted molar refractivity (Wildman–Crippen MR) is 91.8 cm³/mol. The number of amides is 1. The van der Waals surface area contributed by atoms with E-state index in [1.165, 1.54) is 17.5 Å². The first-order chi connectivity index (χ1) is 10.5. The monoisotopic (exact) mass is 302 g/mol. The molecule has 1 amide bonds. The van der Waals surface area contributed by atoms with Gasteiger partial charge in [0, 0.05) is 19.1 Å². The van der Waals surface area contributed by atoms with Crippen LogP contribution in [-0.2, 0) is 11.2 Å². The Kier molecular flexibility index (Phi) is 6.01. The van der Waals surface area contributed by atoms with Crippen molar-refractivity contribution in [2.45, 2.75) is 46.6 Å². The van der Waals surface area contributed by atoms with Gasteiger partial charge < -0.3 is 10.2 Å². The zero-order valence-electron chi connectivity index (χ0n) is 14.4. The highest BCUT2D eigenvalue weighted by molar-refractivity contribution is 5.78. The van der Waals surface area contributed by atoms with E-state index in [1.54, 1.807) is 0 Å². The minimum Gasteiger partial charge on any atom is -0.341 e. The number of nitrogens with one attached hydrogen (secondary N) is 1. The molecule has 1 heterocycles. The fraction of sp³-hybridized carbons (Fsp3) is 0.632. The maximum atomic E-state index is 12.4. The lowest BCUT2D eigenvalue weighted by Crippen LogP contribution is -2.46. The van der Waals surface area contributed by atoms with Gasteiger partial charge in [0.05, 0.1) is 6.54 Å². The highest BCUT2D eigenvalue weighted by Gasteiger charge is 2.25. The molecule has 22 heavy (non-hydrogen) atoms. The Balaban J connectivity index is 1.84. The summed E-state index contributed by atoms with van der Waals surface area (Å²) in [5, 5.41) is 3.37. The molecule has 0 aromatic heterocycles. The average Bonchev–Trinajstić information content (AvgIpc) is 2.51. The molecule has 122 valence electrons. The first-order valence-electron chi connectivity index (χ1n) is 8.59. The van der Waals surface area contributed by atoms with Crippen LogP contribution in [0.3, 0.4) is 0 Å². The molecule has 0 saturated carbocycles. The van der Waals surface area contributed by atoms with Crippen molar-refractivity contribution >= 4 is 5.91 Å². The van der Waals surface area contributed by atoms with Gasteiger partial charge in [0.1, 0.15) is 0 Å². The van der Waals surface area contributed by atoms with Gasteiger partial charge in [-0.25, -0.2) is 0 Å². The van der Waals surface area contributed by atoms with E-state index in [0.29, 0.717) is 18.4 Å². The number of hydrogen-bond donors (Lipinski definition) is 1. The topological polar surface area (TPSA) is 32.3 Å². The molecule has 2 rings (SSSR count). The van der Waals surface area contributed by atoms with Gasteiger partial charge in [-0.3, -0.25) is 4.79 Å².